The summed E-state index contributed by atoms with van der Waals surface area (Å²) in [4.78, 5) is 17.5. The predicted molar refractivity (Wildman–Crippen MR) is 90.3 cm³/mol. The summed E-state index contributed by atoms with van der Waals surface area (Å²) in [5.74, 6) is -1.28. The number of nitrogens with two attached hydrogens (primary N) is 1. The Labute approximate surface area is 159 Å². The van der Waals surface area contributed by atoms with Gasteiger partial charge in [0.2, 0.25) is 10.0 Å². The lowest BCUT2D eigenvalue weighted by molar-refractivity contribution is -0.136. The van der Waals surface area contributed by atoms with E-state index in [0.717, 1.165) is 10.5 Å². The first-order valence-corrected chi connectivity index (χ1v) is 9.99. The number of carbonyl (C=O) groups excluding carboxylic acids is 1. The standard InChI is InChI=1S/C13H11BrClF3N4O3S/c14-7-1-8(13(16,17)18)11-20-9(10(15)22(11)4-7)12(23)21-2-6(3-21)5-26(19,24)25/h1,4,6H,2-3,5H2,(H2,19,24,25). The Morgan fingerprint density at radius 2 is 2.04 bits per heavy atom. The molecule has 1 aliphatic heterocycles. The molecule has 0 radical (unpaired) electrons. The number of primary sulfonamides is 1. The molecule has 0 atom stereocenters. The van der Waals surface area contributed by atoms with Crippen molar-refractivity contribution in [3.8, 4) is 0 Å². The minimum Gasteiger partial charge on any atom is -0.336 e. The highest BCUT2D eigenvalue weighted by molar-refractivity contribution is 9.10. The minimum atomic E-state index is -4.68. The molecular formula is C13H11BrClF3N4O3S. The van der Waals surface area contributed by atoms with Gasteiger partial charge in [-0.05, 0) is 22.0 Å². The monoisotopic (exact) mass is 474 g/mol. The van der Waals surface area contributed by atoms with E-state index in [1.165, 1.54) is 11.1 Å². The fourth-order valence-electron chi connectivity index (χ4n) is 2.75. The van der Waals surface area contributed by atoms with E-state index >= 15 is 0 Å². The zero-order valence-electron chi connectivity index (χ0n) is 12.8. The van der Waals surface area contributed by atoms with Gasteiger partial charge in [0.05, 0.1) is 11.3 Å². The Bertz CT molecular complexity index is 1000. The van der Waals surface area contributed by atoms with Crippen LogP contribution in [0.4, 0.5) is 13.2 Å². The van der Waals surface area contributed by atoms with Crippen molar-refractivity contribution in [1.82, 2.24) is 14.3 Å². The summed E-state index contributed by atoms with van der Waals surface area (Å²) >= 11 is 9.04. The Balaban J connectivity index is 1.92. The summed E-state index contributed by atoms with van der Waals surface area (Å²) < 4.78 is 62.8. The number of sulfonamides is 1. The van der Waals surface area contributed by atoms with Gasteiger partial charge >= 0.3 is 6.18 Å². The number of aromatic nitrogens is 2. The number of nitrogens with zero attached hydrogens (tertiary/aromatic N) is 3. The third-order valence-electron chi connectivity index (χ3n) is 3.85. The van der Waals surface area contributed by atoms with Gasteiger partial charge in [0.15, 0.2) is 11.3 Å². The fourth-order valence-corrected chi connectivity index (χ4v) is 4.30. The summed E-state index contributed by atoms with van der Waals surface area (Å²) in [7, 11) is -3.67. The molecule has 0 saturated carbocycles. The van der Waals surface area contributed by atoms with Crippen LogP contribution >= 0.6 is 27.5 Å². The summed E-state index contributed by atoms with van der Waals surface area (Å²) in [5.41, 5.74) is -1.86. The van der Waals surface area contributed by atoms with Crippen molar-refractivity contribution in [3.05, 3.63) is 33.1 Å². The van der Waals surface area contributed by atoms with E-state index in [0.29, 0.717) is 0 Å². The molecule has 0 aromatic carbocycles. The average Bonchev–Trinajstić information content (AvgIpc) is 2.76. The Morgan fingerprint density at radius 3 is 2.58 bits per heavy atom. The number of hydrogen-bond acceptors (Lipinski definition) is 4. The number of imidazole rings is 1. The molecule has 3 rings (SSSR count). The van der Waals surface area contributed by atoms with E-state index in [2.05, 4.69) is 20.9 Å². The van der Waals surface area contributed by atoms with Crippen molar-refractivity contribution < 1.29 is 26.4 Å². The lowest BCUT2D eigenvalue weighted by Gasteiger charge is -2.38. The van der Waals surface area contributed by atoms with Crippen molar-refractivity contribution in [2.24, 2.45) is 11.1 Å². The second-order valence-electron chi connectivity index (χ2n) is 5.92. The molecule has 26 heavy (non-hydrogen) atoms. The van der Waals surface area contributed by atoms with Gasteiger partial charge < -0.3 is 4.90 Å². The number of amides is 1. The van der Waals surface area contributed by atoms with Crippen LogP contribution in [0.15, 0.2) is 16.7 Å². The SMILES string of the molecule is NS(=O)(=O)CC1CN(C(=O)c2nc3c(C(F)(F)F)cc(Br)cn3c2Cl)C1. The third-order valence-corrected chi connectivity index (χ3v) is 5.58. The summed E-state index contributed by atoms with van der Waals surface area (Å²) in [5, 5.41) is 4.69. The molecule has 1 fully saturated rings. The maximum Gasteiger partial charge on any atom is 0.420 e. The molecule has 2 aromatic heterocycles. The molecule has 3 heterocycles. The topological polar surface area (TPSA) is 97.8 Å². The van der Waals surface area contributed by atoms with Gasteiger partial charge in [-0.3, -0.25) is 9.20 Å². The Morgan fingerprint density at radius 1 is 1.42 bits per heavy atom. The Hall–Kier alpha value is -1.37. The number of halogens is 5. The molecule has 7 nitrogen and oxygen atoms in total. The lowest BCUT2D eigenvalue weighted by Crippen LogP contribution is -2.53. The fraction of sp³-hybridized carbons (Fsp3) is 0.385. The third kappa shape index (κ3) is 3.68. The van der Waals surface area contributed by atoms with Crippen molar-refractivity contribution in [2.75, 3.05) is 18.8 Å². The molecule has 0 bridgehead atoms. The molecule has 1 amide bonds. The number of rotatable bonds is 3. The van der Waals surface area contributed by atoms with E-state index in [4.69, 9.17) is 16.7 Å². The van der Waals surface area contributed by atoms with E-state index in [1.807, 2.05) is 0 Å². The van der Waals surface area contributed by atoms with Crippen LogP contribution in [-0.4, -0.2) is 47.5 Å². The quantitative estimate of drug-likeness (QED) is 0.735. The molecule has 142 valence electrons. The number of hydrogen-bond donors (Lipinski definition) is 1. The number of alkyl halides is 3. The predicted octanol–water partition coefficient (Wildman–Crippen LogP) is 2.13. The van der Waals surface area contributed by atoms with Crippen molar-refractivity contribution >= 4 is 49.1 Å². The van der Waals surface area contributed by atoms with Gasteiger partial charge in [0, 0.05) is 29.7 Å². The van der Waals surface area contributed by atoms with Gasteiger partial charge in [-0.1, -0.05) is 11.6 Å². The molecule has 1 aliphatic rings. The van der Waals surface area contributed by atoms with Crippen LogP contribution < -0.4 is 5.14 Å². The summed E-state index contributed by atoms with van der Waals surface area (Å²) in [6.45, 7) is 0.213. The molecule has 0 aliphatic carbocycles. The number of fused-ring (bicyclic) bond motifs is 1. The van der Waals surface area contributed by atoms with E-state index < -0.39 is 33.3 Å². The molecule has 0 spiro atoms. The number of likely N-dealkylation sites (tertiary alicyclic amines) is 1. The molecule has 2 aromatic rings. The van der Waals surface area contributed by atoms with Gasteiger partial charge in [0.25, 0.3) is 5.91 Å². The highest BCUT2D eigenvalue weighted by Gasteiger charge is 2.38. The van der Waals surface area contributed by atoms with E-state index in [-0.39, 0.29) is 40.1 Å². The largest absolute Gasteiger partial charge is 0.420 e. The van der Waals surface area contributed by atoms with Crippen LogP contribution in [0.1, 0.15) is 16.1 Å². The van der Waals surface area contributed by atoms with Gasteiger partial charge in [-0.25, -0.2) is 18.5 Å². The van der Waals surface area contributed by atoms with Crippen LogP contribution in [0, 0.1) is 5.92 Å². The maximum atomic E-state index is 13.2. The van der Waals surface area contributed by atoms with Crippen molar-refractivity contribution in [2.45, 2.75) is 6.18 Å². The first-order valence-electron chi connectivity index (χ1n) is 7.11. The zero-order chi connectivity index (χ0) is 19.4. The van der Waals surface area contributed by atoms with E-state index in [9.17, 15) is 26.4 Å². The van der Waals surface area contributed by atoms with Gasteiger partial charge in [-0.2, -0.15) is 13.2 Å². The smallest absolute Gasteiger partial charge is 0.336 e. The van der Waals surface area contributed by atoms with Gasteiger partial charge in [-0.15, -0.1) is 0 Å². The first-order chi connectivity index (χ1) is 11.9. The lowest BCUT2D eigenvalue weighted by atomic mass is 10.0. The number of carbonyl (C=O) groups is 1. The average molecular weight is 476 g/mol. The van der Waals surface area contributed by atoms with Crippen LogP contribution in [0.3, 0.4) is 0 Å². The minimum absolute atomic E-state index is 0.106. The summed E-state index contributed by atoms with van der Waals surface area (Å²) in [6, 6.07) is 0.846. The normalized spacial score (nSPS) is 16.2. The molecular weight excluding hydrogens is 465 g/mol. The zero-order valence-corrected chi connectivity index (χ0v) is 16.0. The number of pyridine rings is 1. The van der Waals surface area contributed by atoms with Crippen LogP contribution in [-0.2, 0) is 16.2 Å². The van der Waals surface area contributed by atoms with Crippen LogP contribution in [0.25, 0.3) is 5.65 Å². The highest BCUT2D eigenvalue weighted by Crippen LogP contribution is 2.36. The maximum absolute atomic E-state index is 13.2. The van der Waals surface area contributed by atoms with Gasteiger partial charge in [0.1, 0.15) is 5.15 Å². The summed E-state index contributed by atoms with van der Waals surface area (Å²) in [6.07, 6.45) is -3.41. The van der Waals surface area contributed by atoms with Crippen LogP contribution in [0.5, 0.6) is 0 Å². The molecule has 2 N–H and O–H groups in total. The second-order valence-corrected chi connectivity index (χ2v) is 8.85. The molecule has 13 heteroatoms. The van der Waals surface area contributed by atoms with E-state index in [1.54, 1.807) is 0 Å². The van der Waals surface area contributed by atoms with Crippen molar-refractivity contribution in [3.63, 3.8) is 0 Å². The highest BCUT2D eigenvalue weighted by atomic mass is 79.9. The first kappa shape index (κ1) is 19.4. The molecule has 0 unspecified atom stereocenters. The van der Waals surface area contributed by atoms with Crippen molar-refractivity contribution in [1.29, 1.82) is 0 Å². The molecule has 1 saturated heterocycles. The van der Waals surface area contributed by atoms with Crippen LogP contribution in [0.2, 0.25) is 5.15 Å². The second kappa shape index (κ2) is 6.36. The Kier molecular flexibility index (Phi) is 4.74.